The fourth-order valence-corrected chi connectivity index (χ4v) is 2.62. The van der Waals surface area contributed by atoms with Crippen molar-refractivity contribution in [3.8, 4) is 0 Å². The topological polar surface area (TPSA) is 92.9 Å². The average Bonchev–Trinajstić information content (AvgIpc) is 2.96. The van der Waals surface area contributed by atoms with Crippen molar-refractivity contribution in [3.63, 3.8) is 0 Å². The van der Waals surface area contributed by atoms with Gasteiger partial charge in [0.1, 0.15) is 17.3 Å². The highest BCUT2D eigenvalue weighted by Gasteiger charge is 2.11. The van der Waals surface area contributed by atoms with Crippen molar-refractivity contribution < 1.29 is 9.32 Å². The predicted octanol–water partition coefficient (Wildman–Crippen LogP) is 3.69. The maximum absolute atomic E-state index is 12.1. The molecule has 0 aliphatic heterocycles. The van der Waals surface area contributed by atoms with E-state index in [1.165, 1.54) is 18.0 Å². The quantitative estimate of drug-likeness (QED) is 0.754. The van der Waals surface area contributed by atoms with Gasteiger partial charge in [0.05, 0.1) is 12.4 Å². The number of hydrogen-bond acceptors (Lipinski definition) is 6. The summed E-state index contributed by atoms with van der Waals surface area (Å²) in [6.07, 6.45) is 2.95. The number of rotatable bonds is 4. The Hall–Kier alpha value is -3.22. The third-order valence-electron chi connectivity index (χ3n) is 3.68. The molecule has 0 bridgehead atoms. The Morgan fingerprint density at radius 2 is 1.68 bits per heavy atom. The van der Waals surface area contributed by atoms with Gasteiger partial charge in [-0.05, 0) is 38.8 Å². The van der Waals surface area contributed by atoms with Gasteiger partial charge in [0.2, 0.25) is 0 Å². The molecule has 3 rings (SSSR count). The van der Waals surface area contributed by atoms with Crippen LogP contribution in [0.2, 0.25) is 0 Å². The van der Waals surface area contributed by atoms with Crippen molar-refractivity contribution in [3.05, 3.63) is 58.7 Å². The minimum Gasteiger partial charge on any atom is -0.360 e. The Bertz CT molecular complexity index is 892. The van der Waals surface area contributed by atoms with E-state index in [9.17, 15) is 4.79 Å². The lowest BCUT2D eigenvalue weighted by Gasteiger charge is -2.13. The summed E-state index contributed by atoms with van der Waals surface area (Å²) in [5.41, 5.74) is 4.66. The Kier molecular flexibility index (Phi) is 4.47. The Balaban J connectivity index is 1.73. The minimum absolute atomic E-state index is 0.198. The zero-order valence-corrected chi connectivity index (χ0v) is 14.5. The van der Waals surface area contributed by atoms with E-state index in [1.54, 1.807) is 13.0 Å². The van der Waals surface area contributed by atoms with Crippen LogP contribution in [0.5, 0.6) is 0 Å². The van der Waals surface area contributed by atoms with Crippen LogP contribution in [-0.4, -0.2) is 21.0 Å². The van der Waals surface area contributed by atoms with Crippen LogP contribution in [0.4, 0.5) is 17.3 Å². The zero-order valence-electron chi connectivity index (χ0n) is 14.5. The van der Waals surface area contributed by atoms with Gasteiger partial charge in [0.25, 0.3) is 5.91 Å². The van der Waals surface area contributed by atoms with Gasteiger partial charge in [-0.3, -0.25) is 4.79 Å². The van der Waals surface area contributed by atoms with E-state index in [0.29, 0.717) is 17.4 Å². The monoisotopic (exact) mass is 337 g/mol. The summed E-state index contributed by atoms with van der Waals surface area (Å²) in [7, 11) is 0. The average molecular weight is 337 g/mol. The summed E-state index contributed by atoms with van der Waals surface area (Å²) >= 11 is 0. The van der Waals surface area contributed by atoms with Crippen molar-refractivity contribution in [1.82, 2.24) is 15.1 Å². The van der Waals surface area contributed by atoms with Gasteiger partial charge < -0.3 is 15.2 Å². The number of benzene rings is 1. The standard InChI is InChI=1S/C18H19N5O2/c1-10-5-11(2)17(12(3)6-10)21-16-9-19-14(8-20-16)18(24)22-15-7-13(4)25-23-15/h5-9H,1-4H3,(H,20,21)(H,22,23,24). The number of hydrogen-bond donors (Lipinski definition) is 2. The molecule has 0 spiro atoms. The molecule has 25 heavy (non-hydrogen) atoms. The van der Waals surface area contributed by atoms with Crippen LogP contribution in [0, 0.1) is 27.7 Å². The normalized spacial score (nSPS) is 10.6. The highest BCUT2D eigenvalue weighted by Crippen LogP contribution is 2.24. The summed E-state index contributed by atoms with van der Waals surface area (Å²) in [6.45, 7) is 7.89. The third-order valence-corrected chi connectivity index (χ3v) is 3.68. The molecule has 2 aromatic heterocycles. The molecule has 0 fully saturated rings. The number of aryl methyl sites for hydroxylation is 4. The molecule has 0 saturated heterocycles. The maximum atomic E-state index is 12.1. The Labute approximate surface area is 145 Å². The van der Waals surface area contributed by atoms with E-state index in [4.69, 9.17) is 4.52 Å². The van der Waals surface area contributed by atoms with Crippen LogP contribution in [0.15, 0.2) is 35.1 Å². The molecule has 0 saturated carbocycles. The number of aromatic nitrogens is 3. The molecule has 7 nitrogen and oxygen atoms in total. The Morgan fingerprint density at radius 3 is 2.24 bits per heavy atom. The highest BCUT2D eigenvalue weighted by atomic mass is 16.5. The third kappa shape index (κ3) is 3.82. The van der Waals surface area contributed by atoms with E-state index in [0.717, 1.165) is 16.8 Å². The molecule has 0 aliphatic rings. The summed E-state index contributed by atoms with van der Waals surface area (Å²) in [4.78, 5) is 20.6. The molecule has 1 aromatic carbocycles. The molecule has 1 amide bonds. The van der Waals surface area contributed by atoms with Crippen molar-refractivity contribution in [2.75, 3.05) is 10.6 Å². The number of nitrogens with one attached hydrogen (secondary N) is 2. The van der Waals surface area contributed by atoms with Crippen molar-refractivity contribution in [2.45, 2.75) is 27.7 Å². The molecular weight excluding hydrogens is 318 g/mol. The van der Waals surface area contributed by atoms with Crippen LogP contribution in [0.3, 0.4) is 0 Å². The summed E-state index contributed by atoms with van der Waals surface area (Å²) in [5, 5.41) is 9.57. The van der Waals surface area contributed by atoms with Crippen LogP contribution < -0.4 is 10.6 Å². The van der Waals surface area contributed by atoms with E-state index in [1.807, 2.05) is 13.8 Å². The number of nitrogens with zero attached hydrogens (tertiary/aromatic N) is 3. The second-order valence-electron chi connectivity index (χ2n) is 5.96. The fourth-order valence-electron chi connectivity index (χ4n) is 2.62. The van der Waals surface area contributed by atoms with Crippen LogP contribution in [0.1, 0.15) is 32.9 Å². The van der Waals surface area contributed by atoms with E-state index < -0.39 is 5.91 Å². The van der Waals surface area contributed by atoms with E-state index in [-0.39, 0.29) is 5.69 Å². The lowest BCUT2D eigenvalue weighted by atomic mass is 10.1. The zero-order chi connectivity index (χ0) is 18.0. The lowest BCUT2D eigenvalue weighted by Crippen LogP contribution is -2.14. The molecule has 128 valence electrons. The van der Waals surface area contributed by atoms with Crippen LogP contribution in [-0.2, 0) is 0 Å². The van der Waals surface area contributed by atoms with Crippen LogP contribution >= 0.6 is 0 Å². The second-order valence-corrected chi connectivity index (χ2v) is 5.96. The molecule has 2 N–H and O–H groups in total. The molecule has 7 heteroatoms. The first-order valence-corrected chi connectivity index (χ1v) is 7.84. The molecule has 0 atom stereocenters. The predicted molar refractivity (Wildman–Crippen MR) is 95.2 cm³/mol. The number of anilines is 3. The van der Waals surface area contributed by atoms with E-state index >= 15 is 0 Å². The van der Waals surface area contributed by atoms with Gasteiger partial charge in [-0.15, -0.1) is 0 Å². The molecule has 2 heterocycles. The van der Waals surface area contributed by atoms with Gasteiger partial charge in [0.15, 0.2) is 5.82 Å². The first kappa shape index (κ1) is 16.6. The van der Waals surface area contributed by atoms with Crippen molar-refractivity contribution >= 4 is 23.2 Å². The van der Waals surface area contributed by atoms with Crippen molar-refractivity contribution in [2.24, 2.45) is 0 Å². The second kappa shape index (κ2) is 6.72. The van der Waals surface area contributed by atoms with Crippen molar-refractivity contribution in [1.29, 1.82) is 0 Å². The molecule has 0 radical (unpaired) electrons. The smallest absolute Gasteiger partial charge is 0.277 e. The SMILES string of the molecule is Cc1cc(C)c(Nc2cnc(C(=O)Nc3cc(C)on3)cn2)c(C)c1. The van der Waals surface area contributed by atoms with Crippen LogP contribution in [0.25, 0.3) is 0 Å². The minimum atomic E-state index is -0.393. The molecule has 3 aromatic rings. The first-order chi connectivity index (χ1) is 11.9. The lowest BCUT2D eigenvalue weighted by molar-refractivity contribution is 0.102. The van der Waals surface area contributed by atoms with Gasteiger partial charge in [-0.1, -0.05) is 22.9 Å². The largest absolute Gasteiger partial charge is 0.360 e. The molecule has 0 aliphatic carbocycles. The van der Waals surface area contributed by atoms with Gasteiger partial charge in [0, 0.05) is 11.8 Å². The number of amides is 1. The number of carbonyl (C=O) groups excluding carboxylic acids is 1. The summed E-state index contributed by atoms with van der Waals surface area (Å²) in [6, 6.07) is 5.83. The summed E-state index contributed by atoms with van der Waals surface area (Å²) < 4.78 is 4.91. The molecular formula is C18H19N5O2. The molecule has 0 unspecified atom stereocenters. The van der Waals surface area contributed by atoms with Gasteiger partial charge in [-0.2, -0.15) is 0 Å². The van der Waals surface area contributed by atoms with Gasteiger partial charge >= 0.3 is 0 Å². The van der Waals surface area contributed by atoms with E-state index in [2.05, 4.69) is 44.8 Å². The first-order valence-electron chi connectivity index (χ1n) is 7.84. The number of carbonyl (C=O) groups is 1. The Morgan fingerprint density at radius 1 is 0.960 bits per heavy atom. The van der Waals surface area contributed by atoms with Gasteiger partial charge in [-0.25, -0.2) is 9.97 Å². The highest BCUT2D eigenvalue weighted by molar-refractivity contribution is 6.02. The summed E-state index contributed by atoms with van der Waals surface area (Å²) in [5.74, 6) is 1.14. The maximum Gasteiger partial charge on any atom is 0.277 e. The fraction of sp³-hybridized carbons (Fsp3) is 0.222.